The van der Waals surface area contributed by atoms with E-state index in [2.05, 4.69) is 20.6 Å². The summed E-state index contributed by atoms with van der Waals surface area (Å²) < 4.78 is 4.75. The van der Waals surface area contributed by atoms with Crippen LogP contribution in [0, 0.1) is 13.8 Å². The van der Waals surface area contributed by atoms with Crippen LogP contribution in [0.1, 0.15) is 21.7 Å². The van der Waals surface area contributed by atoms with Crippen molar-refractivity contribution in [3.63, 3.8) is 0 Å². The lowest BCUT2D eigenvalue weighted by Crippen LogP contribution is -2.04. The third-order valence-corrected chi connectivity index (χ3v) is 4.23. The van der Waals surface area contributed by atoms with Gasteiger partial charge in [0.1, 0.15) is 17.5 Å². The number of para-hydroxylation sites is 1. The highest BCUT2D eigenvalue weighted by Gasteiger charge is 2.11. The van der Waals surface area contributed by atoms with Crippen molar-refractivity contribution in [2.45, 2.75) is 13.8 Å². The Morgan fingerprint density at radius 1 is 0.963 bits per heavy atom. The first-order chi connectivity index (χ1) is 13.0. The van der Waals surface area contributed by atoms with Crippen molar-refractivity contribution >= 4 is 40.6 Å². The molecule has 2 aromatic carbocycles. The second-order valence-corrected chi connectivity index (χ2v) is 6.34. The number of esters is 1. The number of hydrogen-bond donors (Lipinski definition) is 2. The molecule has 0 amide bonds. The van der Waals surface area contributed by atoms with Gasteiger partial charge < -0.3 is 15.4 Å². The van der Waals surface area contributed by atoms with Crippen LogP contribution in [0.5, 0.6) is 0 Å². The number of methoxy groups -OCH3 is 1. The molecule has 0 saturated carbocycles. The van der Waals surface area contributed by atoms with E-state index in [0.717, 1.165) is 11.3 Å². The Kier molecular flexibility index (Phi) is 5.57. The van der Waals surface area contributed by atoms with Crippen LogP contribution in [0.25, 0.3) is 0 Å². The van der Waals surface area contributed by atoms with E-state index in [0.29, 0.717) is 33.7 Å². The van der Waals surface area contributed by atoms with E-state index in [9.17, 15) is 4.79 Å². The number of aryl methyl sites for hydroxylation is 2. The lowest BCUT2D eigenvalue weighted by molar-refractivity contribution is 0.0601. The fourth-order valence-electron chi connectivity index (χ4n) is 2.55. The number of benzene rings is 2. The molecular formula is C20H19ClN4O2. The van der Waals surface area contributed by atoms with Gasteiger partial charge in [-0.3, -0.25) is 0 Å². The van der Waals surface area contributed by atoms with Crippen molar-refractivity contribution < 1.29 is 9.53 Å². The predicted molar refractivity (Wildman–Crippen MR) is 107 cm³/mol. The molecule has 138 valence electrons. The molecule has 6 nitrogen and oxygen atoms in total. The highest BCUT2D eigenvalue weighted by molar-refractivity contribution is 6.33. The van der Waals surface area contributed by atoms with Gasteiger partial charge in [-0.15, -0.1) is 0 Å². The number of nitrogens with one attached hydrogen (secondary N) is 2. The molecule has 3 rings (SSSR count). The standard InChI is InChI=1S/C20H19ClN4O2/c1-12-6-4-5-7-16(12)24-18-11-19(23-13(2)22-18)25-17-10-14(20(26)27-3)8-9-15(17)21/h4-11H,1-3H3,(H2,22,23,24,25). The molecule has 0 spiro atoms. The summed E-state index contributed by atoms with van der Waals surface area (Å²) in [5.41, 5.74) is 3.03. The summed E-state index contributed by atoms with van der Waals surface area (Å²) in [5, 5.41) is 6.90. The van der Waals surface area contributed by atoms with Gasteiger partial charge in [-0.2, -0.15) is 0 Å². The quantitative estimate of drug-likeness (QED) is 0.603. The molecule has 0 fully saturated rings. The van der Waals surface area contributed by atoms with Crippen LogP contribution >= 0.6 is 11.6 Å². The zero-order valence-corrected chi connectivity index (χ0v) is 16.0. The lowest BCUT2D eigenvalue weighted by atomic mass is 10.2. The highest BCUT2D eigenvalue weighted by Crippen LogP contribution is 2.28. The maximum atomic E-state index is 11.7. The van der Waals surface area contributed by atoms with E-state index >= 15 is 0 Å². The average molecular weight is 383 g/mol. The minimum atomic E-state index is -0.435. The van der Waals surface area contributed by atoms with Crippen molar-refractivity contribution in [2.75, 3.05) is 17.7 Å². The molecule has 0 unspecified atom stereocenters. The zero-order valence-electron chi connectivity index (χ0n) is 15.2. The molecule has 1 heterocycles. The minimum Gasteiger partial charge on any atom is -0.465 e. The van der Waals surface area contributed by atoms with Crippen molar-refractivity contribution in [2.24, 2.45) is 0 Å². The molecule has 0 atom stereocenters. The summed E-state index contributed by atoms with van der Waals surface area (Å²) in [6.45, 7) is 3.83. The number of carbonyl (C=O) groups is 1. The Hall–Kier alpha value is -3.12. The third-order valence-electron chi connectivity index (χ3n) is 3.90. The number of anilines is 4. The van der Waals surface area contributed by atoms with Gasteiger partial charge in [0.25, 0.3) is 0 Å². The molecule has 27 heavy (non-hydrogen) atoms. The fraction of sp³-hybridized carbons (Fsp3) is 0.150. The van der Waals surface area contributed by atoms with Gasteiger partial charge in [0.15, 0.2) is 0 Å². The topological polar surface area (TPSA) is 76.1 Å². The predicted octanol–water partition coefficient (Wildman–Crippen LogP) is 5.02. The molecule has 7 heteroatoms. The Bertz CT molecular complexity index is 991. The van der Waals surface area contributed by atoms with Gasteiger partial charge in [0, 0.05) is 11.8 Å². The van der Waals surface area contributed by atoms with Gasteiger partial charge in [-0.1, -0.05) is 29.8 Å². The maximum absolute atomic E-state index is 11.7. The number of aromatic nitrogens is 2. The largest absolute Gasteiger partial charge is 0.465 e. The molecule has 0 aliphatic rings. The van der Waals surface area contributed by atoms with Crippen molar-refractivity contribution in [3.8, 4) is 0 Å². The first kappa shape index (κ1) is 18.7. The summed E-state index contributed by atoms with van der Waals surface area (Å²) in [6.07, 6.45) is 0. The Morgan fingerprint density at radius 3 is 2.30 bits per heavy atom. The molecular weight excluding hydrogens is 364 g/mol. The number of hydrogen-bond acceptors (Lipinski definition) is 6. The fourth-order valence-corrected chi connectivity index (χ4v) is 2.72. The Morgan fingerprint density at radius 2 is 1.63 bits per heavy atom. The number of rotatable bonds is 5. The van der Waals surface area contributed by atoms with Crippen LogP contribution in [0.3, 0.4) is 0 Å². The van der Waals surface area contributed by atoms with E-state index in [1.165, 1.54) is 7.11 Å². The van der Waals surface area contributed by atoms with E-state index in [4.69, 9.17) is 16.3 Å². The first-order valence-corrected chi connectivity index (χ1v) is 8.67. The van der Waals surface area contributed by atoms with Gasteiger partial charge in [0.05, 0.1) is 23.4 Å². The summed E-state index contributed by atoms with van der Waals surface area (Å²) in [5.74, 6) is 1.37. The van der Waals surface area contributed by atoms with E-state index in [1.54, 1.807) is 31.2 Å². The molecule has 3 aromatic rings. The number of nitrogens with zero attached hydrogens (tertiary/aromatic N) is 2. The van der Waals surface area contributed by atoms with E-state index < -0.39 is 5.97 Å². The lowest BCUT2D eigenvalue weighted by Gasteiger charge is -2.13. The van der Waals surface area contributed by atoms with Crippen molar-refractivity contribution in [3.05, 3.63) is 70.5 Å². The number of halogens is 1. The zero-order chi connectivity index (χ0) is 19.4. The summed E-state index contributed by atoms with van der Waals surface area (Å²) >= 11 is 6.25. The summed E-state index contributed by atoms with van der Waals surface area (Å²) in [6, 6.07) is 14.6. The SMILES string of the molecule is COC(=O)c1ccc(Cl)c(Nc2cc(Nc3ccccc3C)nc(C)n2)c1. The van der Waals surface area contributed by atoms with Gasteiger partial charge >= 0.3 is 5.97 Å². The van der Waals surface area contributed by atoms with Crippen molar-refractivity contribution in [1.29, 1.82) is 0 Å². The third kappa shape index (κ3) is 4.54. The van der Waals surface area contributed by atoms with Gasteiger partial charge in [-0.05, 0) is 43.7 Å². The summed E-state index contributed by atoms with van der Waals surface area (Å²) in [4.78, 5) is 20.6. The molecule has 0 aliphatic heterocycles. The summed E-state index contributed by atoms with van der Waals surface area (Å²) in [7, 11) is 1.33. The highest BCUT2D eigenvalue weighted by atomic mass is 35.5. The Labute approximate surface area is 162 Å². The second-order valence-electron chi connectivity index (χ2n) is 5.94. The number of ether oxygens (including phenoxy) is 1. The average Bonchev–Trinajstić information content (AvgIpc) is 2.64. The van der Waals surface area contributed by atoms with Crippen LogP contribution in [0.2, 0.25) is 5.02 Å². The minimum absolute atomic E-state index is 0.397. The van der Waals surface area contributed by atoms with E-state index in [-0.39, 0.29) is 0 Å². The van der Waals surface area contributed by atoms with Crippen LogP contribution in [0.15, 0.2) is 48.5 Å². The smallest absolute Gasteiger partial charge is 0.337 e. The molecule has 0 aliphatic carbocycles. The molecule has 0 saturated heterocycles. The van der Waals surface area contributed by atoms with Gasteiger partial charge in [0.2, 0.25) is 0 Å². The number of carbonyl (C=O) groups excluding carboxylic acids is 1. The first-order valence-electron chi connectivity index (χ1n) is 8.29. The van der Waals surface area contributed by atoms with Crippen LogP contribution in [-0.4, -0.2) is 23.0 Å². The normalized spacial score (nSPS) is 10.4. The van der Waals surface area contributed by atoms with Gasteiger partial charge in [-0.25, -0.2) is 14.8 Å². The van der Waals surface area contributed by atoms with Crippen LogP contribution in [0.4, 0.5) is 23.0 Å². The van der Waals surface area contributed by atoms with E-state index in [1.807, 2.05) is 31.2 Å². The monoisotopic (exact) mass is 382 g/mol. The second kappa shape index (κ2) is 8.05. The van der Waals surface area contributed by atoms with Crippen LogP contribution < -0.4 is 10.6 Å². The van der Waals surface area contributed by atoms with Crippen LogP contribution in [-0.2, 0) is 4.74 Å². The molecule has 1 aromatic heterocycles. The van der Waals surface area contributed by atoms with Crippen molar-refractivity contribution in [1.82, 2.24) is 9.97 Å². The maximum Gasteiger partial charge on any atom is 0.337 e. The molecule has 0 radical (unpaired) electrons. The molecule has 2 N–H and O–H groups in total. The molecule has 0 bridgehead atoms. The Balaban J connectivity index is 1.89.